The summed E-state index contributed by atoms with van der Waals surface area (Å²) in [5.41, 5.74) is 0.659. The third-order valence-electron chi connectivity index (χ3n) is 5.83. The summed E-state index contributed by atoms with van der Waals surface area (Å²) in [6, 6.07) is 7.33. The van der Waals surface area contributed by atoms with Crippen LogP contribution in [0.1, 0.15) is 45.6 Å². The van der Waals surface area contributed by atoms with E-state index in [2.05, 4.69) is 9.71 Å². The lowest BCUT2D eigenvalue weighted by Gasteiger charge is -2.26. The molecule has 36 heavy (non-hydrogen) atoms. The minimum atomic E-state index is -4.19. The Morgan fingerprint density at radius 3 is 2.11 bits per heavy atom. The first-order valence-corrected chi connectivity index (χ1v) is 14.9. The van der Waals surface area contributed by atoms with Crippen molar-refractivity contribution in [3.8, 4) is 17.2 Å². The van der Waals surface area contributed by atoms with Crippen LogP contribution < -0.4 is 19.5 Å². The van der Waals surface area contributed by atoms with Crippen LogP contribution in [-0.4, -0.2) is 59.9 Å². The van der Waals surface area contributed by atoms with Crippen molar-refractivity contribution in [3.05, 3.63) is 35.9 Å². The standard InChI is InChI=1S/C24H31N3O7S2/c1-4-32-20-14-17(15-21(33-5-2)23(20)34-6-3)24-25-19-11-10-18(16-22(19)35(28,29)26-24)36(30,31)27-12-8-7-9-13-27/h10-11,14-16H,4-9,12-13H2,1-3H3,(H,25,26). The van der Waals surface area contributed by atoms with Crippen molar-refractivity contribution < 1.29 is 31.0 Å². The van der Waals surface area contributed by atoms with Crippen LogP contribution in [0.2, 0.25) is 0 Å². The van der Waals surface area contributed by atoms with Gasteiger partial charge in [-0.25, -0.2) is 8.42 Å². The summed E-state index contributed by atoms with van der Waals surface area (Å²) in [7, 11) is -7.99. The minimum absolute atomic E-state index is 0.0643. The van der Waals surface area contributed by atoms with E-state index >= 15 is 0 Å². The number of fused-ring (bicyclic) bond motifs is 1. The first-order chi connectivity index (χ1) is 17.2. The summed E-state index contributed by atoms with van der Waals surface area (Å²) in [6.07, 6.45) is 2.55. The zero-order chi connectivity index (χ0) is 25.9. The van der Waals surface area contributed by atoms with Crippen molar-refractivity contribution in [1.29, 1.82) is 0 Å². The average Bonchev–Trinajstić information content (AvgIpc) is 2.86. The fourth-order valence-corrected chi connectivity index (χ4v) is 6.99. The van der Waals surface area contributed by atoms with Gasteiger partial charge in [0.2, 0.25) is 15.8 Å². The molecule has 2 aliphatic heterocycles. The zero-order valence-electron chi connectivity index (χ0n) is 20.6. The molecule has 0 bridgehead atoms. The molecule has 2 aromatic rings. The van der Waals surface area contributed by atoms with Crippen LogP contribution in [0.15, 0.2) is 44.5 Å². The summed E-state index contributed by atoms with van der Waals surface area (Å²) < 4.78 is 75.1. The molecule has 1 saturated heterocycles. The first kappa shape index (κ1) is 26.2. The number of anilines is 1. The molecular formula is C24H31N3O7S2. The highest BCUT2D eigenvalue weighted by molar-refractivity contribution is 7.91. The number of nitrogens with zero attached hydrogens (tertiary/aromatic N) is 2. The molecule has 0 radical (unpaired) electrons. The minimum Gasteiger partial charge on any atom is -0.490 e. The Morgan fingerprint density at radius 1 is 0.917 bits per heavy atom. The molecule has 196 valence electrons. The van der Waals surface area contributed by atoms with E-state index in [1.54, 1.807) is 12.1 Å². The molecule has 2 heterocycles. The monoisotopic (exact) mass is 537 g/mol. The normalized spacial score (nSPS) is 17.5. The van der Waals surface area contributed by atoms with Crippen LogP contribution in [0, 0.1) is 0 Å². The second-order valence-electron chi connectivity index (χ2n) is 8.26. The Labute approximate surface area is 212 Å². The second-order valence-corrected chi connectivity index (χ2v) is 11.8. The van der Waals surface area contributed by atoms with Gasteiger partial charge in [-0.3, -0.25) is 0 Å². The lowest BCUT2D eigenvalue weighted by molar-refractivity contribution is 0.260. The molecule has 1 fully saturated rings. The number of amidine groups is 1. The van der Waals surface area contributed by atoms with Gasteiger partial charge in [0, 0.05) is 18.7 Å². The molecule has 12 heteroatoms. The van der Waals surface area contributed by atoms with Crippen molar-refractivity contribution in [3.63, 3.8) is 0 Å². The molecule has 0 aliphatic carbocycles. The summed E-state index contributed by atoms with van der Waals surface area (Å²) in [4.78, 5) is -0.254. The fourth-order valence-electron chi connectivity index (χ4n) is 4.20. The van der Waals surface area contributed by atoms with Crippen LogP contribution >= 0.6 is 0 Å². The van der Waals surface area contributed by atoms with E-state index in [1.165, 1.54) is 22.5 Å². The van der Waals surface area contributed by atoms with Crippen molar-refractivity contribution in [1.82, 2.24) is 4.31 Å². The van der Waals surface area contributed by atoms with Gasteiger partial charge in [0.1, 0.15) is 4.90 Å². The number of sulfonamides is 2. The summed E-state index contributed by atoms with van der Waals surface area (Å²) in [5, 5.41) is 3.03. The van der Waals surface area contributed by atoms with Gasteiger partial charge in [-0.05, 0) is 63.9 Å². The first-order valence-electron chi connectivity index (χ1n) is 12.0. The Morgan fingerprint density at radius 2 is 1.53 bits per heavy atom. The van der Waals surface area contributed by atoms with Gasteiger partial charge in [-0.15, -0.1) is 4.40 Å². The Balaban J connectivity index is 1.74. The number of ether oxygens (including phenoxy) is 3. The van der Waals surface area contributed by atoms with E-state index in [4.69, 9.17) is 14.2 Å². The Hall–Kier alpha value is -2.83. The van der Waals surface area contributed by atoms with Gasteiger partial charge < -0.3 is 19.5 Å². The Kier molecular flexibility index (Phi) is 7.76. The van der Waals surface area contributed by atoms with Crippen LogP contribution in [0.25, 0.3) is 0 Å². The largest absolute Gasteiger partial charge is 0.490 e. The predicted octanol–water partition coefficient (Wildman–Crippen LogP) is 3.62. The van der Waals surface area contributed by atoms with Crippen LogP contribution in [0.5, 0.6) is 17.2 Å². The van der Waals surface area contributed by atoms with Crippen LogP contribution in [-0.2, 0) is 20.0 Å². The molecule has 4 rings (SSSR count). The molecule has 1 N–H and O–H groups in total. The smallest absolute Gasteiger partial charge is 0.286 e. The van der Waals surface area contributed by atoms with Crippen LogP contribution in [0.3, 0.4) is 0 Å². The van der Waals surface area contributed by atoms with Crippen molar-refractivity contribution in [2.75, 3.05) is 38.2 Å². The predicted molar refractivity (Wildman–Crippen MR) is 136 cm³/mol. The molecule has 2 aliphatic rings. The van der Waals surface area contributed by atoms with Gasteiger partial charge in [0.15, 0.2) is 17.3 Å². The molecule has 0 atom stereocenters. The SMILES string of the molecule is CCOc1cc(C2=NS(=O)(=O)c3cc(S(=O)(=O)N4CCCCC4)ccc3N2)cc(OCC)c1OCC. The molecule has 0 aromatic heterocycles. The van der Waals surface area contributed by atoms with Gasteiger partial charge in [0.25, 0.3) is 10.0 Å². The highest BCUT2D eigenvalue weighted by Crippen LogP contribution is 2.40. The lowest BCUT2D eigenvalue weighted by Crippen LogP contribution is -2.35. The van der Waals surface area contributed by atoms with Crippen molar-refractivity contribution in [2.24, 2.45) is 4.40 Å². The third kappa shape index (κ3) is 5.16. The number of hydrogen-bond acceptors (Lipinski definition) is 8. The third-order valence-corrected chi connectivity index (χ3v) is 9.04. The zero-order valence-corrected chi connectivity index (χ0v) is 22.2. The number of nitrogens with one attached hydrogen (secondary N) is 1. The number of rotatable bonds is 9. The maximum Gasteiger partial charge on any atom is 0.286 e. The average molecular weight is 538 g/mol. The van der Waals surface area contributed by atoms with Crippen molar-refractivity contribution in [2.45, 2.75) is 49.8 Å². The summed E-state index contributed by atoms with van der Waals surface area (Å²) >= 11 is 0. The number of piperidine rings is 1. The highest BCUT2D eigenvalue weighted by atomic mass is 32.2. The Bertz CT molecular complexity index is 1340. The molecule has 0 saturated carbocycles. The van der Waals surface area contributed by atoms with Gasteiger partial charge in [-0.2, -0.15) is 12.7 Å². The summed E-state index contributed by atoms with van der Waals surface area (Å²) in [6.45, 7) is 7.47. The quantitative estimate of drug-likeness (QED) is 0.515. The van der Waals surface area contributed by atoms with E-state index in [0.29, 0.717) is 55.7 Å². The van der Waals surface area contributed by atoms with Gasteiger partial charge >= 0.3 is 0 Å². The second kappa shape index (κ2) is 10.7. The van der Waals surface area contributed by atoms with Gasteiger partial charge in [0.05, 0.1) is 30.4 Å². The number of hydrogen-bond donors (Lipinski definition) is 1. The molecule has 0 spiro atoms. The maximum absolute atomic E-state index is 13.2. The van der Waals surface area contributed by atoms with E-state index in [1.807, 2.05) is 20.8 Å². The molecule has 0 amide bonds. The van der Waals surface area contributed by atoms with E-state index in [0.717, 1.165) is 19.3 Å². The topological polar surface area (TPSA) is 124 Å². The summed E-state index contributed by atoms with van der Waals surface area (Å²) in [5.74, 6) is 1.29. The molecule has 10 nitrogen and oxygen atoms in total. The number of benzene rings is 2. The van der Waals surface area contributed by atoms with E-state index in [-0.39, 0.29) is 21.3 Å². The molecule has 2 aromatic carbocycles. The highest BCUT2D eigenvalue weighted by Gasteiger charge is 2.32. The van der Waals surface area contributed by atoms with Crippen molar-refractivity contribution >= 4 is 31.6 Å². The van der Waals surface area contributed by atoms with E-state index in [9.17, 15) is 16.8 Å². The van der Waals surface area contributed by atoms with Gasteiger partial charge in [-0.1, -0.05) is 6.42 Å². The lowest BCUT2D eigenvalue weighted by atomic mass is 10.1. The van der Waals surface area contributed by atoms with Crippen LogP contribution in [0.4, 0.5) is 5.69 Å². The molecular weight excluding hydrogens is 506 g/mol. The molecule has 0 unspecified atom stereocenters. The maximum atomic E-state index is 13.2. The van der Waals surface area contributed by atoms with E-state index < -0.39 is 20.0 Å². The fraction of sp³-hybridized carbons (Fsp3) is 0.458.